The Morgan fingerprint density at radius 1 is 0.706 bits per heavy atom. The fraction of sp³-hybridized carbons (Fsp3) is 0.0800. The maximum Gasteiger partial charge on any atom is 0.359 e. The number of benzene rings is 2. The van der Waals surface area contributed by atoms with Crippen molar-refractivity contribution >= 4 is 24.1 Å². The van der Waals surface area contributed by atoms with Crippen molar-refractivity contribution in [3.63, 3.8) is 0 Å². The summed E-state index contributed by atoms with van der Waals surface area (Å²) in [5.41, 5.74) is 3.21. The lowest BCUT2D eigenvalue weighted by Crippen LogP contribution is -2.13. The quantitative estimate of drug-likeness (QED) is 0.402. The number of rotatable bonds is 6. The van der Waals surface area contributed by atoms with E-state index in [1.54, 1.807) is 12.2 Å². The molecule has 168 valence electrons. The molecule has 0 aliphatic heterocycles. The van der Waals surface area contributed by atoms with Gasteiger partial charge in [-0.1, -0.05) is 60.7 Å². The van der Waals surface area contributed by atoms with Crippen molar-refractivity contribution in [1.29, 1.82) is 0 Å². The summed E-state index contributed by atoms with van der Waals surface area (Å²) in [4.78, 5) is 28.7. The number of aromatic nitrogens is 5. The zero-order chi connectivity index (χ0) is 23.9. The lowest BCUT2D eigenvalue weighted by atomic mass is 10.0. The van der Waals surface area contributed by atoms with Gasteiger partial charge in [-0.15, -0.1) is 20.4 Å². The first-order chi connectivity index (χ1) is 16.6. The minimum absolute atomic E-state index is 0.0572. The number of carbonyl (C=O) groups is 2. The molecule has 0 unspecified atom stereocenters. The Balaban J connectivity index is 1.78. The predicted molar refractivity (Wildman–Crippen MR) is 124 cm³/mol. The Labute approximate surface area is 195 Å². The maximum absolute atomic E-state index is 12.1. The van der Waals surface area contributed by atoms with Gasteiger partial charge in [0, 0.05) is 16.7 Å². The van der Waals surface area contributed by atoms with Crippen molar-refractivity contribution in [2.45, 2.75) is 0 Å². The molecule has 4 aromatic rings. The predicted octanol–water partition coefficient (Wildman–Crippen LogP) is 3.74. The Morgan fingerprint density at radius 3 is 1.94 bits per heavy atom. The third-order valence-corrected chi connectivity index (χ3v) is 4.81. The molecule has 4 rings (SSSR count). The molecule has 2 heterocycles. The van der Waals surface area contributed by atoms with Crippen molar-refractivity contribution < 1.29 is 19.1 Å². The summed E-state index contributed by atoms with van der Waals surface area (Å²) in [5.74, 6) is -1.09. The second-order valence-electron chi connectivity index (χ2n) is 6.95. The molecule has 0 aliphatic rings. The van der Waals surface area contributed by atoms with Gasteiger partial charge in [-0.25, -0.2) is 14.6 Å². The zero-order valence-corrected chi connectivity index (χ0v) is 18.4. The van der Waals surface area contributed by atoms with E-state index in [1.807, 2.05) is 60.7 Å². The van der Waals surface area contributed by atoms with Crippen LogP contribution in [0.5, 0.6) is 0 Å². The molecule has 0 aliphatic carbocycles. The van der Waals surface area contributed by atoms with E-state index in [0.29, 0.717) is 22.8 Å². The Morgan fingerprint density at radius 2 is 1.32 bits per heavy atom. The molecule has 2 aromatic carbocycles. The Kier molecular flexibility index (Phi) is 6.73. The third kappa shape index (κ3) is 4.83. The number of carbonyl (C=O) groups excluding carboxylic acids is 2. The lowest BCUT2D eigenvalue weighted by molar-refractivity contribution is 0.0573. The molecule has 0 saturated carbocycles. The van der Waals surface area contributed by atoms with E-state index >= 15 is 0 Å². The number of esters is 2. The third-order valence-electron chi connectivity index (χ3n) is 4.81. The van der Waals surface area contributed by atoms with Crippen LogP contribution in [0.25, 0.3) is 34.7 Å². The number of hydrogen-bond donors (Lipinski definition) is 0. The highest BCUT2D eigenvalue weighted by atomic mass is 16.5. The fourth-order valence-electron chi connectivity index (χ4n) is 3.15. The van der Waals surface area contributed by atoms with Crippen LogP contribution in [-0.4, -0.2) is 51.5 Å². The van der Waals surface area contributed by atoms with Gasteiger partial charge in [0.1, 0.15) is 11.4 Å². The summed E-state index contributed by atoms with van der Waals surface area (Å²) in [6.07, 6.45) is 3.11. The van der Waals surface area contributed by atoms with Crippen LogP contribution >= 0.6 is 0 Å². The van der Waals surface area contributed by atoms with Crippen LogP contribution in [-0.2, 0) is 9.47 Å². The molecule has 9 nitrogen and oxygen atoms in total. The molecule has 0 radical (unpaired) electrons. The summed E-state index contributed by atoms with van der Waals surface area (Å²) in [7, 11) is 2.46. The smallest absolute Gasteiger partial charge is 0.359 e. The van der Waals surface area contributed by atoms with Gasteiger partial charge in [-0.05, 0) is 18.2 Å². The molecule has 9 heteroatoms. The SMILES string of the molecule is COC(=O)c1cc(/C=C/c2nnc(-c3ccccc3)c(-c3ccccc3)n2)c(C(=O)OC)nn1. The van der Waals surface area contributed by atoms with Gasteiger partial charge in [-0.2, -0.15) is 0 Å². The van der Waals surface area contributed by atoms with Crippen molar-refractivity contribution in [3.8, 4) is 22.5 Å². The number of nitrogens with zero attached hydrogens (tertiary/aromatic N) is 5. The largest absolute Gasteiger partial charge is 0.464 e. The summed E-state index contributed by atoms with van der Waals surface area (Å²) in [6.45, 7) is 0. The van der Waals surface area contributed by atoms with Crippen molar-refractivity contribution in [3.05, 3.63) is 89.5 Å². The number of ether oxygens (including phenoxy) is 2. The van der Waals surface area contributed by atoms with Gasteiger partial charge in [0.05, 0.1) is 14.2 Å². The van der Waals surface area contributed by atoms with Gasteiger partial charge in [0.25, 0.3) is 0 Å². The average molecular weight is 453 g/mol. The van der Waals surface area contributed by atoms with Crippen molar-refractivity contribution in [2.75, 3.05) is 14.2 Å². The first kappa shape index (κ1) is 22.4. The van der Waals surface area contributed by atoms with Crippen LogP contribution in [0, 0.1) is 0 Å². The summed E-state index contributed by atoms with van der Waals surface area (Å²) >= 11 is 0. The second-order valence-corrected chi connectivity index (χ2v) is 6.95. The summed E-state index contributed by atoms with van der Waals surface area (Å²) < 4.78 is 9.45. The minimum Gasteiger partial charge on any atom is -0.464 e. The van der Waals surface area contributed by atoms with Crippen LogP contribution in [0.1, 0.15) is 32.4 Å². The van der Waals surface area contributed by atoms with E-state index in [2.05, 4.69) is 25.1 Å². The molecule has 0 atom stereocenters. The molecule has 0 fully saturated rings. The Bertz CT molecular complexity index is 1360. The number of methoxy groups -OCH3 is 2. The number of hydrogen-bond acceptors (Lipinski definition) is 9. The standard InChI is InChI=1S/C25H19N5O4/c1-33-24(31)19-15-18(23(30-27-19)25(32)34-2)13-14-20-26-21(16-9-5-3-6-10-16)22(29-28-20)17-11-7-4-8-12-17/h3-15H,1-2H3/b14-13+. The molecule has 0 saturated heterocycles. The van der Waals surface area contributed by atoms with Crippen LogP contribution in [0.15, 0.2) is 66.7 Å². The van der Waals surface area contributed by atoms with E-state index < -0.39 is 11.9 Å². The van der Waals surface area contributed by atoms with Crippen molar-refractivity contribution in [2.24, 2.45) is 0 Å². The van der Waals surface area contributed by atoms with E-state index in [-0.39, 0.29) is 11.4 Å². The van der Waals surface area contributed by atoms with Gasteiger partial charge >= 0.3 is 11.9 Å². The Hall–Kier alpha value is -4.79. The monoisotopic (exact) mass is 453 g/mol. The minimum atomic E-state index is -0.702. The van der Waals surface area contributed by atoms with Gasteiger partial charge in [0.15, 0.2) is 17.2 Å². The molecular formula is C25H19N5O4. The summed E-state index contributed by atoms with van der Waals surface area (Å²) in [5, 5.41) is 16.2. The van der Waals surface area contributed by atoms with E-state index in [1.165, 1.54) is 20.3 Å². The van der Waals surface area contributed by atoms with Crippen LogP contribution in [0.4, 0.5) is 0 Å². The fourth-order valence-corrected chi connectivity index (χ4v) is 3.15. The summed E-state index contributed by atoms with van der Waals surface area (Å²) in [6, 6.07) is 20.7. The van der Waals surface area contributed by atoms with Gasteiger partial charge < -0.3 is 9.47 Å². The van der Waals surface area contributed by atoms with E-state index in [9.17, 15) is 9.59 Å². The highest BCUT2D eigenvalue weighted by Crippen LogP contribution is 2.28. The van der Waals surface area contributed by atoms with Crippen LogP contribution in [0.2, 0.25) is 0 Å². The average Bonchev–Trinajstić information content (AvgIpc) is 2.91. The van der Waals surface area contributed by atoms with Crippen LogP contribution < -0.4 is 0 Å². The van der Waals surface area contributed by atoms with Crippen molar-refractivity contribution in [1.82, 2.24) is 25.4 Å². The van der Waals surface area contributed by atoms with Gasteiger partial charge in [0.2, 0.25) is 0 Å². The zero-order valence-electron chi connectivity index (χ0n) is 18.4. The molecular weight excluding hydrogens is 434 g/mol. The highest BCUT2D eigenvalue weighted by molar-refractivity contribution is 5.94. The first-order valence-electron chi connectivity index (χ1n) is 10.2. The maximum atomic E-state index is 12.1. The van der Waals surface area contributed by atoms with E-state index in [4.69, 9.17) is 9.72 Å². The normalized spacial score (nSPS) is 10.8. The molecule has 0 spiro atoms. The molecule has 34 heavy (non-hydrogen) atoms. The van der Waals surface area contributed by atoms with E-state index in [0.717, 1.165) is 11.1 Å². The van der Waals surface area contributed by atoms with Gasteiger partial charge in [-0.3, -0.25) is 0 Å². The molecule has 0 N–H and O–H groups in total. The molecule has 2 aromatic heterocycles. The second kappa shape index (κ2) is 10.2. The first-order valence-corrected chi connectivity index (χ1v) is 10.2. The molecule has 0 bridgehead atoms. The molecule has 0 amide bonds. The topological polar surface area (TPSA) is 117 Å². The van der Waals surface area contributed by atoms with Crippen LogP contribution in [0.3, 0.4) is 0 Å². The lowest BCUT2D eigenvalue weighted by Gasteiger charge is -2.08. The highest BCUT2D eigenvalue weighted by Gasteiger charge is 2.18.